The second-order valence-electron chi connectivity index (χ2n) is 5.32. The summed E-state index contributed by atoms with van der Waals surface area (Å²) in [5, 5.41) is 22.4. The van der Waals surface area contributed by atoms with Crippen molar-refractivity contribution < 1.29 is 10.2 Å². The van der Waals surface area contributed by atoms with Crippen LogP contribution in [-0.4, -0.2) is 22.4 Å². The number of nitrogens with one attached hydrogen (secondary N) is 1. The lowest BCUT2D eigenvalue weighted by atomic mass is 9.84. The summed E-state index contributed by atoms with van der Waals surface area (Å²) in [5.41, 5.74) is 2.60. The van der Waals surface area contributed by atoms with Crippen LogP contribution in [0.4, 0.5) is 0 Å². The van der Waals surface area contributed by atoms with Gasteiger partial charge < -0.3 is 15.5 Å². The second kappa shape index (κ2) is 4.31. The van der Waals surface area contributed by atoms with Crippen molar-refractivity contribution in [1.29, 1.82) is 0 Å². The molecular weight excluding hydrogens is 214 g/mol. The summed E-state index contributed by atoms with van der Waals surface area (Å²) in [4.78, 5) is 0. The molecule has 0 radical (unpaired) electrons. The molecule has 1 atom stereocenters. The van der Waals surface area contributed by atoms with Crippen molar-refractivity contribution in [2.45, 2.75) is 50.3 Å². The van der Waals surface area contributed by atoms with Gasteiger partial charge in [-0.25, -0.2) is 0 Å². The van der Waals surface area contributed by atoms with Crippen LogP contribution in [0.15, 0.2) is 18.2 Å². The van der Waals surface area contributed by atoms with Gasteiger partial charge in [0.2, 0.25) is 0 Å². The van der Waals surface area contributed by atoms with E-state index in [0.29, 0.717) is 17.8 Å². The van der Waals surface area contributed by atoms with Crippen molar-refractivity contribution in [3.8, 4) is 5.75 Å². The first kappa shape index (κ1) is 11.1. The second-order valence-corrected chi connectivity index (χ2v) is 5.32. The fourth-order valence-corrected chi connectivity index (χ4v) is 2.98. The Kier molecular flexibility index (Phi) is 2.81. The molecule has 0 aliphatic heterocycles. The summed E-state index contributed by atoms with van der Waals surface area (Å²) in [6.07, 6.45) is 5.05. The van der Waals surface area contributed by atoms with Crippen LogP contribution in [-0.2, 0) is 6.42 Å². The zero-order valence-corrected chi connectivity index (χ0v) is 9.89. The SMILES string of the molecule is Oc1ccc2c(c1)CCCC2NC1CC(O)C1. The molecule has 3 rings (SSSR count). The Balaban J connectivity index is 1.75. The third-order valence-electron chi connectivity index (χ3n) is 3.99. The highest BCUT2D eigenvalue weighted by atomic mass is 16.3. The number of hydrogen-bond donors (Lipinski definition) is 3. The number of rotatable bonds is 2. The largest absolute Gasteiger partial charge is 0.508 e. The summed E-state index contributed by atoms with van der Waals surface area (Å²) in [5.74, 6) is 0.364. The van der Waals surface area contributed by atoms with Gasteiger partial charge in [0.05, 0.1) is 6.10 Å². The molecule has 1 aromatic rings. The number of hydrogen-bond acceptors (Lipinski definition) is 3. The molecular formula is C14H19NO2. The van der Waals surface area contributed by atoms with E-state index in [4.69, 9.17) is 0 Å². The van der Waals surface area contributed by atoms with E-state index in [0.717, 1.165) is 25.7 Å². The molecule has 1 aromatic carbocycles. The molecule has 1 saturated carbocycles. The van der Waals surface area contributed by atoms with Gasteiger partial charge in [0, 0.05) is 12.1 Å². The summed E-state index contributed by atoms with van der Waals surface area (Å²) < 4.78 is 0. The highest BCUT2D eigenvalue weighted by molar-refractivity contribution is 5.38. The number of fused-ring (bicyclic) bond motifs is 1. The van der Waals surface area contributed by atoms with Crippen molar-refractivity contribution in [1.82, 2.24) is 5.32 Å². The Morgan fingerprint density at radius 2 is 2.06 bits per heavy atom. The van der Waals surface area contributed by atoms with Gasteiger partial charge in [0.1, 0.15) is 5.75 Å². The molecule has 0 aromatic heterocycles. The van der Waals surface area contributed by atoms with Gasteiger partial charge in [-0.05, 0) is 55.4 Å². The summed E-state index contributed by atoms with van der Waals surface area (Å²) in [6, 6.07) is 6.57. The lowest BCUT2D eigenvalue weighted by molar-refractivity contribution is 0.0566. The predicted molar refractivity (Wildman–Crippen MR) is 66.0 cm³/mol. The fraction of sp³-hybridized carbons (Fsp3) is 0.571. The number of aliphatic hydroxyl groups excluding tert-OH is 1. The third-order valence-corrected chi connectivity index (χ3v) is 3.99. The first-order chi connectivity index (χ1) is 8.22. The normalized spacial score (nSPS) is 31.7. The van der Waals surface area contributed by atoms with Gasteiger partial charge in [0.25, 0.3) is 0 Å². The number of aryl methyl sites for hydroxylation is 1. The van der Waals surface area contributed by atoms with Crippen LogP contribution in [0, 0.1) is 0 Å². The highest BCUT2D eigenvalue weighted by Gasteiger charge is 2.30. The predicted octanol–water partition coefficient (Wildman–Crippen LogP) is 1.88. The smallest absolute Gasteiger partial charge is 0.115 e. The van der Waals surface area contributed by atoms with Crippen LogP contribution in [0.25, 0.3) is 0 Å². The molecule has 17 heavy (non-hydrogen) atoms. The van der Waals surface area contributed by atoms with Crippen molar-refractivity contribution in [2.24, 2.45) is 0 Å². The van der Waals surface area contributed by atoms with E-state index in [1.807, 2.05) is 12.1 Å². The molecule has 1 unspecified atom stereocenters. The Labute approximate surface area is 101 Å². The minimum atomic E-state index is -0.102. The summed E-state index contributed by atoms with van der Waals surface area (Å²) >= 11 is 0. The molecule has 0 bridgehead atoms. The molecule has 92 valence electrons. The molecule has 2 aliphatic rings. The van der Waals surface area contributed by atoms with Crippen molar-refractivity contribution in [2.75, 3.05) is 0 Å². The topological polar surface area (TPSA) is 52.5 Å². The van der Waals surface area contributed by atoms with Crippen LogP contribution >= 0.6 is 0 Å². The lowest BCUT2D eigenvalue weighted by Gasteiger charge is -2.37. The number of benzene rings is 1. The molecule has 0 saturated heterocycles. The maximum Gasteiger partial charge on any atom is 0.115 e. The molecule has 0 heterocycles. The maximum absolute atomic E-state index is 9.49. The third kappa shape index (κ3) is 2.17. The zero-order chi connectivity index (χ0) is 11.8. The first-order valence-corrected chi connectivity index (χ1v) is 6.48. The average molecular weight is 233 g/mol. The van der Waals surface area contributed by atoms with E-state index in [2.05, 4.69) is 5.32 Å². The number of phenols is 1. The van der Waals surface area contributed by atoms with Crippen LogP contribution in [0.2, 0.25) is 0 Å². The van der Waals surface area contributed by atoms with E-state index >= 15 is 0 Å². The van der Waals surface area contributed by atoms with Crippen molar-refractivity contribution in [3.05, 3.63) is 29.3 Å². The Morgan fingerprint density at radius 3 is 2.82 bits per heavy atom. The monoisotopic (exact) mass is 233 g/mol. The standard InChI is InChI=1S/C14H19NO2/c16-11-4-5-13-9(6-11)2-1-3-14(13)15-10-7-12(17)8-10/h4-6,10,12,14-17H,1-3,7-8H2. The molecule has 1 fully saturated rings. The number of phenolic OH excluding ortho intramolecular Hbond substituents is 1. The molecule has 3 N–H and O–H groups in total. The van der Waals surface area contributed by atoms with E-state index in [1.54, 1.807) is 6.07 Å². The molecule has 3 heteroatoms. The van der Waals surface area contributed by atoms with Crippen LogP contribution in [0.3, 0.4) is 0 Å². The van der Waals surface area contributed by atoms with Gasteiger partial charge in [-0.15, -0.1) is 0 Å². The quantitative estimate of drug-likeness (QED) is 0.731. The molecule has 0 amide bonds. The van der Waals surface area contributed by atoms with Gasteiger partial charge in [0.15, 0.2) is 0 Å². The Hall–Kier alpha value is -1.06. The van der Waals surface area contributed by atoms with E-state index in [1.165, 1.54) is 17.5 Å². The van der Waals surface area contributed by atoms with Gasteiger partial charge >= 0.3 is 0 Å². The molecule has 2 aliphatic carbocycles. The summed E-state index contributed by atoms with van der Waals surface area (Å²) in [7, 11) is 0. The fourth-order valence-electron chi connectivity index (χ4n) is 2.98. The average Bonchev–Trinajstić information content (AvgIpc) is 2.27. The van der Waals surface area contributed by atoms with Crippen LogP contribution < -0.4 is 5.32 Å². The van der Waals surface area contributed by atoms with E-state index < -0.39 is 0 Å². The zero-order valence-electron chi connectivity index (χ0n) is 9.89. The highest BCUT2D eigenvalue weighted by Crippen LogP contribution is 2.34. The van der Waals surface area contributed by atoms with Crippen LogP contribution in [0.5, 0.6) is 5.75 Å². The lowest BCUT2D eigenvalue weighted by Crippen LogP contribution is -2.46. The van der Waals surface area contributed by atoms with Gasteiger partial charge in [-0.1, -0.05) is 6.07 Å². The first-order valence-electron chi connectivity index (χ1n) is 6.48. The molecule has 3 nitrogen and oxygen atoms in total. The maximum atomic E-state index is 9.49. The Bertz CT molecular complexity index is 413. The van der Waals surface area contributed by atoms with E-state index in [-0.39, 0.29) is 6.10 Å². The minimum Gasteiger partial charge on any atom is -0.508 e. The van der Waals surface area contributed by atoms with Crippen molar-refractivity contribution in [3.63, 3.8) is 0 Å². The number of aromatic hydroxyl groups is 1. The van der Waals surface area contributed by atoms with Crippen molar-refractivity contribution >= 4 is 0 Å². The van der Waals surface area contributed by atoms with Crippen LogP contribution in [0.1, 0.15) is 42.9 Å². The van der Waals surface area contributed by atoms with Gasteiger partial charge in [-0.3, -0.25) is 0 Å². The summed E-state index contributed by atoms with van der Waals surface area (Å²) in [6.45, 7) is 0. The molecule has 0 spiro atoms. The number of aliphatic hydroxyl groups is 1. The van der Waals surface area contributed by atoms with E-state index in [9.17, 15) is 10.2 Å². The minimum absolute atomic E-state index is 0.102. The Morgan fingerprint density at radius 1 is 1.24 bits per heavy atom. The van der Waals surface area contributed by atoms with Gasteiger partial charge in [-0.2, -0.15) is 0 Å².